The number of nitrogens with one attached hydrogen (secondary N) is 1. The number of carbonyl (C=O) groups is 1. The summed E-state index contributed by atoms with van der Waals surface area (Å²) in [7, 11) is 1.34. The number of hydrogen-bond acceptors (Lipinski definition) is 4. The Bertz CT molecular complexity index is 1160. The molecule has 9 heteroatoms. The lowest BCUT2D eigenvalue weighted by molar-refractivity contribution is -0.121. The van der Waals surface area contributed by atoms with Crippen LogP contribution in [0.2, 0.25) is 0 Å². The van der Waals surface area contributed by atoms with E-state index in [1.807, 2.05) is 35.9 Å². The fourth-order valence-electron chi connectivity index (χ4n) is 2.99. The molecule has 2 aromatic carbocycles. The van der Waals surface area contributed by atoms with Crippen LogP contribution in [-0.4, -0.2) is 42.3 Å². The number of nitrogens with zero attached hydrogens (tertiary/aromatic N) is 3. The van der Waals surface area contributed by atoms with Crippen molar-refractivity contribution in [3.05, 3.63) is 58.3 Å². The van der Waals surface area contributed by atoms with Gasteiger partial charge >= 0.3 is 0 Å². The molecule has 0 aliphatic carbocycles. The van der Waals surface area contributed by atoms with Crippen molar-refractivity contribution in [3.8, 4) is 0 Å². The van der Waals surface area contributed by atoms with Crippen molar-refractivity contribution in [2.45, 2.75) is 24.3 Å². The summed E-state index contributed by atoms with van der Waals surface area (Å²) in [5, 5.41) is 2.91. The van der Waals surface area contributed by atoms with Crippen LogP contribution in [0.5, 0.6) is 0 Å². The molecule has 3 rings (SSSR count). The van der Waals surface area contributed by atoms with Crippen LogP contribution >= 0.6 is 15.9 Å². The summed E-state index contributed by atoms with van der Waals surface area (Å²) in [6, 6.07) is 12.7. The predicted molar refractivity (Wildman–Crippen MR) is 116 cm³/mol. The SMILES string of the molecule is CN(C)S(=O)(=O)c1ccc2c(c1)nc(CCC(=O)NCc1cccc(Br)c1)n2C. The van der Waals surface area contributed by atoms with Crippen LogP contribution < -0.4 is 5.32 Å². The molecule has 0 saturated carbocycles. The van der Waals surface area contributed by atoms with Gasteiger partial charge in [-0.15, -0.1) is 0 Å². The summed E-state index contributed by atoms with van der Waals surface area (Å²) in [6.45, 7) is 0.465. The molecular weight excluding hydrogens is 456 g/mol. The molecule has 1 heterocycles. The average molecular weight is 479 g/mol. The highest BCUT2D eigenvalue weighted by Gasteiger charge is 2.19. The highest BCUT2D eigenvalue weighted by Crippen LogP contribution is 2.22. The van der Waals surface area contributed by atoms with Gasteiger partial charge in [-0.2, -0.15) is 0 Å². The first kappa shape index (κ1) is 21.5. The lowest BCUT2D eigenvalue weighted by Gasteiger charge is -2.10. The van der Waals surface area contributed by atoms with Crippen LogP contribution in [0.15, 0.2) is 51.8 Å². The molecule has 0 saturated heterocycles. The summed E-state index contributed by atoms with van der Waals surface area (Å²) < 4.78 is 28.7. The smallest absolute Gasteiger partial charge is 0.242 e. The van der Waals surface area contributed by atoms with E-state index in [0.717, 1.165) is 21.4 Å². The summed E-state index contributed by atoms with van der Waals surface area (Å²) in [5.41, 5.74) is 2.44. The minimum Gasteiger partial charge on any atom is -0.352 e. The number of sulfonamides is 1. The van der Waals surface area contributed by atoms with Gasteiger partial charge in [0.2, 0.25) is 15.9 Å². The second-order valence-electron chi connectivity index (χ2n) is 6.93. The fourth-order valence-corrected chi connectivity index (χ4v) is 4.35. The van der Waals surface area contributed by atoms with Gasteiger partial charge in [-0.1, -0.05) is 28.1 Å². The van der Waals surface area contributed by atoms with Crippen molar-refractivity contribution in [2.75, 3.05) is 14.1 Å². The molecular formula is C20H23BrN4O3S. The number of fused-ring (bicyclic) bond motifs is 1. The topological polar surface area (TPSA) is 84.3 Å². The second kappa shape index (κ2) is 8.64. The monoisotopic (exact) mass is 478 g/mol. The Kier molecular flexibility index (Phi) is 6.40. The maximum absolute atomic E-state index is 12.3. The lowest BCUT2D eigenvalue weighted by atomic mass is 10.2. The normalized spacial score (nSPS) is 11.9. The summed E-state index contributed by atoms with van der Waals surface area (Å²) in [6.07, 6.45) is 0.763. The number of aromatic nitrogens is 2. The zero-order chi connectivity index (χ0) is 21.2. The lowest BCUT2D eigenvalue weighted by Crippen LogP contribution is -2.23. The molecule has 3 aromatic rings. The van der Waals surface area contributed by atoms with Crippen molar-refractivity contribution >= 4 is 42.9 Å². The van der Waals surface area contributed by atoms with Crippen LogP contribution in [0.3, 0.4) is 0 Å². The van der Waals surface area contributed by atoms with Gasteiger partial charge in [-0.25, -0.2) is 17.7 Å². The Labute approximate surface area is 178 Å². The number of hydrogen-bond donors (Lipinski definition) is 1. The Morgan fingerprint density at radius 1 is 1.21 bits per heavy atom. The summed E-state index contributed by atoms with van der Waals surface area (Å²) in [4.78, 5) is 17.0. The first-order chi connectivity index (χ1) is 13.7. The van der Waals surface area contributed by atoms with E-state index in [4.69, 9.17) is 0 Å². The van der Waals surface area contributed by atoms with Gasteiger partial charge in [0.1, 0.15) is 5.82 Å². The van der Waals surface area contributed by atoms with E-state index in [1.165, 1.54) is 18.4 Å². The minimum atomic E-state index is -3.52. The molecule has 0 spiro atoms. The Morgan fingerprint density at radius 3 is 2.66 bits per heavy atom. The molecule has 0 aliphatic rings. The maximum Gasteiger partial charge on any atom is 0.242 e. The first-order valence-electron chi connectivity index (χ1n) is 9.07. The highest BCUT2D eigenvalue weighted by molar-refractivity contribution is 9.10. The third-order valence-electron chi connectivity index (χ3n) is 4.68. The molecule has 0 unspecified atom stereocenters. The van der Waals surface area contributed by atoms with Crippen molar-refractivity contribution in [3.63, 3.8) is 0 Å². The summed E-state index contributed by atoms with van der Waals surface area (Å²) >= 11 is 3.42. The molecule has 0 atom stereocenters. The number of carbonyl (C=O) groups excluding carboxylic acids is 1. The van der Waals surface area contributed by atoms with E-state index >= 15 is 0 Å². The van der Waals surface area contributed by atoms with Gasteiger partial charge in [0, 0.05) is 45.0 Å². The van der Waals surface area contributed by atoms with Crippen LogP contribution in [-0.2, 0) is 34.8 Å². The van der Waals surface area contributed by atoms with Gasteiger partial charge in [0.05, 0.1) is 15.9 Å². The van der Waals surface area contributed by atoms with E-state index in [0.29, 0.717) is 24.9 Å². The molecule has 1 aromatic heterocycles. The van der Waals surface area contributed by atoms with Crippen LogP contribution in [0.25, 0.3) is 11.0 Å². The van der Waals surface area contributed by atoms with Crippen molar-refractivity contribution in [2.24, 2.45) is 7.05 Å². The van der Waals surface area contributed by atoms with E-state index in [9.17, 15) is 13.2 Å². The molecule has 7 nitrogen and oxygen atoms in total. The Hall–Kier alpha value is -2.23. The molecule has 0 fully saturated rings. The molecule has 0 radical (unpaired) electrons. The van der Waals surface area contributed by atoms with Gasteiger partial charge in [0.15, 0.2) is 0 Å². The second-order valence-corrected chi connectivity index (χ2v) is 10.00. The van der Waals surface area contributed by atoms with Gasteiger partial charge in [-0.3, -0.25) is 4.79 Å². The largest absolute Gasteiger partial charge is 0.352 e. The number of halogens is 1. The Morgan fingerprint density at radius 2 is 1.97 bits per heavy atom. The standard InChI is InChI=1S/C20H23BrN4O3S/c1-24(2)29(27,28)16-7-8-18-17(12-16)23-19(25(18)3)9-10-20(26)22-13-14-5-4-6-15(21)11-14/h4-8,11-12H,9-10,13H2,1-3H3,(H,22,26). The quantitative estimate of drug-likeness (QED) is 0.565. The maximum atomic E-state index is 12.3. The zero-order valence-corrected chi connectivity index (χ0v) is 18.9. The van der Waals surface area contributed by atoms with Gasteiger partial charge in [0.25, 0.3) is 0 Å². The third-order valence-corrected chi connectivity index (χ3v) is 6.98. The minimum absolute atomic E-state index is 0.0621. The van der Waals surface area contributed by atoms with Crippen LogP contribution in [0.1, 0.15) is 17.8 Å². The molecule has 154 valence electrons. The molecule has 29 heavy (non-hydrogen) atoms. The molecule has 0 aliphatic heterocycles. The van der Waals surface area contributed by atoms with Gasteiger partial charge in [-0.05, 0) is 35.9 Å². The predicted octanol–water partition coefficient (Wildman–Crippen LogP) is 2.84. The van der Waals surface area contributed by atoms with Crippen molar-refractivity contribution < 1.29 is 13.2 Å². The molecule has 0 bridgehead atoms. The van der Waals surface area contributed by atoms with E-state index in [1.54, 1.807) is 18.2 Å². The fraction of sp³-hybridized carbons (Fsp3) is 0.300. The van der Waals surface area contributed by atoms with Gasteiger partial charge < -0.3 is 9.88 Å². The first-order valence-corrected chi connectivity index (χ1v) is 11.3. The van der Waals surface area contributed by atoms with E-state index < -0.39 is 10.0 Å². The third kappa shape index (κ3) is 4.85. The number of benzene rings is 2. The number of imidazole rings is 1. The Balaban J connectivity index is 1.68. The van der Waals surface area contributed by atoms with Crippen LogP contribution in [0, 0.1) is 0 Å². The van der Waals surface area contributed by atoms with Crippen LogP contribution in [0.4, 0.5) is 0 Å². The van der Waals surface area contributed by atoms with Crippen molar-refractivity contribution in [1.29, 1.82) is 0 Å². The zero-order valence-electron chi connectivity index (χ0n) is 16.5. The highest BCUT2D eigenvalue weighted by atomic mass is 79.9. The number of amides is 1. The average Bonchev–Trinajstić information content (AvgIpc) is 3.00. The number of rotatable bonds is 7. The molecule has 1 N–H and O–H groups in total. The van der Waals surface area contributed by atoms with E-state index in [2.05, 4.69) is 26.2 Å². The summed E-state index contributed by atoms with van der Waals surface area (Å²) in [5.74, 6) is 0.671. The van der Waals surface area contributed by atoms with Crippen molar-refractivity contribution in [1.82, 2.24) is 19.2 Å². The molecule has 1 amide bonds. The van der Waals surface area contributed by atoms with E-state index in [-0.39, 0.29) is 10.8 Å². The number of aryl methyl sites for hydroxylation is 2.